The molecule has 0 bridgehead atoms. The van der Waals surface area contributed by atoms with Crippen LogP contribution in [-0.4, -0.2) is 10.2 Å². The van der Waals surface area contributed by atoms with Crippen molar-refractivity contribution in [2.75, 3.05) is 5.73 Å². The molecule has 0 aliphatic heterocycles. The molecule has 1 aromatic heterocycles. The van der Waals surface area contributed by atoms with Crippen LogP contribution < -0.4 is 5.73 Å². The van der Waals surface area contributed by atoms with Gasteiger partial charge in [0.25, 0.3) is 0 Å². The zero-order valence-electron chi connectivity index (χ0n) is 8.16. The van der Waals surface area contributed by atoms with Crippen LogP contribution in [-0.2, 0) is 0 Å². The smallest absolute Gasteiger partial charge is 0.119 e. The largest absolute Gasteiger partial charge is 0.397 e. The van der Waals surface area contributed by atoms with E-state index in [1.165, 1.54) is 0 Å². The summed E-state index contributed by atoms with van der Waals surface area (Å²) in [5, 5.41) is 1.60. The van der Waals surface area contributed by atoms with Crippen LogP contribution in [0.4, 0.5) is 5.69 Å². The molecular formula is C10H16N2S. The minimum absolute atomic E-state index is 0.636. The third-order valence-corrected chi connectivity index (χ3v) is 3.55. The number of aromatic nitrogens is 1. The summed E-state index contributed by atoms with van der Waals surface area (Å²) in [6.45, 7) is 4.39. The number of anilines is 1. The second-order valence-electron chi connectivity index (χ2n) is 2.95. The molecule has 0 saturated heterocycles. The fourth-order valence-corrected chi connectivity index (χ4v) is 2.09. The molecule has 0 aromatic carbocycles. The van der Waals surface area contributed by atoms with Crippen LogP contribution >= 0.6 is 11.8 Å². The monoisotopic (exact) mass is 196 g/mol. The van der Waals surface area contributed by atoms with E-state index >= 15 is 0 Å². The fraction of sp³-hybridized carbons (Fsp3) is 0.500. The normalized spacial score (nSPS) is 10.7. The molecule has 0 fully saturated rings. The molecule has 0 aliphatic rings. The third-order valence-electron chi connectivity index (χ3n) is 1.99. The molecule has 3 heteroatoms. The molecule has 0 radical (unpaired) electrons. The summed E-state index contributed by atoms with van der Waals surface area (Å²) in [5.74, 6) is 0. The molecule has 1 heterocycles. The molecule has 0 saturated carbocycles. The van der Waals surface area contributed by atoms with E-state index in [-0.39, 0.29) is 0 Å². The number of pyridine rings is 1. The Labute approximate surface area is 83.9 Å². The Morgan fingerprint density at radius 2 is 2.15 bits per heavy atom. The van der Waals surface area contributed by atoms with Gasteiger partial charge < -0.3 is 5.73 Å². The van der Waals surface area contributed by atoms with Gasteiger partial charge in [0.15, 0.2) is 0 Å². The molecule has 13 heavy (non-hydrogen) atoms. The highest BCUT2D eigenvalue weighted by atomic mass is 32.2. The SMILES string of the molecule is CCC(CC)Sc1ncccc1N. The summed E-state index contributed by atoms with van der Waals surface area (Å²) in [6.07, 6.45) is 4.12. The molecule has 2 N–H and O–H groups in total. The highest BCUT2D eigenvalue weighted by molar-refractivity contribution is 8.00. The molecule has 2 nitrogen and oxygen atoms in total. The minimum atomic E-state index is 0.636. The summed E-state index contributed by atoms with van der Waals surface area (Å²) in [6, 6.07) is 3.77. The first-order chi connectivity index (χ1) is 6.27. The average Bonchev–Trinajstić information content (AvgIpc) is 2.17. The molecule has 72 valence electrons. The fourth-order valence-electron chi connectivity index (χ4n) is 1.11. The number of thioether (sulfide) groups is 1. The van der Waals surface area contributed by atoms with Gasteiger partial charge in [0.05, 0.1) is 5.69 Å². The number of nitrogens with zero attached hydrogens (tertiary/aromatic N) is 1. The Hall–Kier alpha value is -0.700. The lowest BCUT2D eigenvalue weighted by molar-refractivity contribution is 0.790. The first-order valence-corrected chi connectivity index (χ1v) is 5.53. The second kappa shape index (κ2) is 5.12. The first-order valence-electron chi connectivity index (χ1n) is 4.65. The maximum absolute atomic E-state index is 5.79. The van der Waals surface area contributed by atoms with Crippen molar-refractivity contribution in [2.45, 2.75) is 37.0 Å². The van der Waals surface area contributed by atoms with Gasteiger partial charge in [0.2, 0.25) is 0 Å². The number of hydrogen-bond acceptors (Lipinski definition) is 3. The van der Waals surface area contributed by atoms with Gasteiger partial charge >= 0.3 is 0 Å². The summed E-state index contributed by atoms with van der Waals surface area (Å²) >= 11 is 1.78. The number of rotatable bonds is 4. The van der Waals surface area contributed by atoms with Gasteiger partial charge in [-0.2, -0.15) is 0 Å². The van der Waals surface area contributed by atoms with Gasteiger partial charge in [0.1, 0.15) is 5.03 Å². The van der Waals surface area contributed by atoms with Crippen molar-refractivity contribution in [3.63, 3.8) is 0 Å². The predicted molar refractivity (Wildman–Crippen MR) is 58.9 cm³/mol. The van der Waals surface area contributed by atoms with Gasteiger partial charge in [0, 0.05) is 11.4 Å². The highest BCUT2D eigenvalue weighted by Gasteiger charge is 2.08. The van der Waals surface area contributed by atoms with Gasteiger partial charge in [-0.25, -0.2) is 4.98 Å². The lowest BCUT2D eigenvalue weighted by Crippen LogP contribution is -2.00. The zero-order valence-corrected chi connectivity index (χ0v) is 8.97. The molecule has 0 spiro atoms. The van der Waals surface area contributed by atoms with Crippen LogP contribution in [0.5, 0.6) is 0 Å². The van der Waals surface area contributed by atoms with E-state index < -0.39 is 0 Å². The van der Waals surface area contributed by atoms with Crippen molar-refractivity contribution in [1.82, 2.24) is 4.98 Å². The molecule has 1 aromatic rings. The van der Waals surface area contributed by atoms with E-state index in [2.05, 4.69) is 18.8 Å². The number of nitrogen functional groups attached to an aromatic ring is 1. The zero-order chi connectivity index (χ0) is 9.68. The van der Waals surface area contributed by atoms with E-state index in [4.69, 9.17) is 5.73 Å². The first kappa shape index (κ1) is 10.4. The van der Waals surface area contributed by atoms with Gasteiger partial charge in [-0.15, -0.1) is 11.8 Å². The maximum Gasteiger partial charge on any atom is 0.119 e. The van der Waals surface area contributed by atoms with E-state index in [1.807, 2.05) is 12.1 Å². The second-order valence-corrected chi connectivity index (χ2v) is 4.24. The topological polar surface area (TPSA) is 38.9 Å². The van der Waals surface area contributed by atoms with Crippen molar-refractivity contribution in [1.29, 1.82) is 0 Å². The van der Waals surface area contributed by atoms with Crippen molar-refractivity contribution in [2.24, 2.45) is 0 Å². The van der Waals surface area contributed by atoms with Gasteiger partial charge in [-0.1, -0.05) is 13.8 Å². The maximum atomic E-state index is 5.79. The van der Waals surface area contributed by atoms with Crippen molar-refractivity contribution in [3.8, 4) is 0 Å². The van der Waals surface area contributed by atoms with E-state index in [1.54, 1.807) is 18.0 Å². The Morgan fingerprint density at radius 1 is 1.46 bits per heavy atom. The lowest BCUT2D eigenvalue weighted by atomic mass is 10.3. The molecule has 1 rings (SSSR count). The Balaban J connectivity index is 2.67. The summed E-state index contributed by atoms with van der Waals surface area (Å²) < 4.78 is 0. The van der Waals surface area contributed by atoms with Crippen LogP contribution in [0.15, 0.2) is 23.4 Å². The Morgan fingerprint density at radius 3 is 2.69 bits per heavy atom. The predicted octanol–water partition coefficient (Wildman–Crippen LogP) is 2.94. The minimum Gasteiger partial charge on any atom is -0.397 e. The third kappa shape index (κ3) is 2.92. The molecule has 0 unspecified atom stereocenters. The standard InChI is InChI=1S/C10H16N2S/c1-3-8(4-2)13-10-9(11)6-5-7-12-10/h5-8H,3-4,11H2,1-2H3. The Kier molecular flexibility index (Phi) is 4.09. The van der Waals surface area contributed by atoms with Crippen LogP contribution in [0, 0.1) is 0 Å². The van der Waals surface area contributed by atoms with Crippen molar-refractivity contribution < 1.29 is 0 Å². The van der Waals surface area contributed by atoms with E-state index in [0.29, 0.717) is 5.25 Å². The molecular weight excluding hydrogens is 180 g/mol. The quantitative estimate of drug-likeness (QED) is 0.752. The number of hydrogen-bond donors (Lipinski definition) is 1. The summed E-state index contributed by atoms with van der Waals surface area (Å²) in [7, 11) is 0. The van der Waals surface area contributed by atoms with Crippen LogP contribution in [0.2, 0.25) is 0 Å². The van der Waals surface area contributed by atoms with Crippen molar-refractivity contribution in [3.05, 3.63) is 18.3 Å². The average molecular weight is 196 g/mol. The Bertz CT molecular complexity index is 259. The van der Waals surface area contributed by atoms with E-state index in [0.717, 1.165) is 23.6 Å². The van der Waals surface area contributed by atoms with Gasteiger partial charge in [-0.05, 0) is 25.0 Å². The van der Waals surface area contributed by atoms with Crippen LogP contribution in [0.3, 0.4) is 0 Å². The van der Waals surface area contributed by atoms with Gasteiger partial charge in [-0.3, -0.25) is 0 Å². The van der Waals surface area contributed by atoms with Crippen LogP contribution in [0.1, 0.15) is 26.7 Å². The lowest BCUT2D eigenvalue weighted by Gasteiger charge is -2.11. The molecule has 0 atom stereocenters. The molecule has 0 amide bonds. The highest BCUT2D eigenvalue weighted by Crippen LogP contribution is 2.29. The van der Waals surface area contributed by atoms with Crippen molar-refractivity contribution >= 4 is 17.4 Å². The summed E-state index contributed by atoms with van der Waals surface area (Å²) in [5.41, 5.74) is 6.59. The summed E-state index contributed by atoms with van der Waals surface area (Å²) in [4.78, 5) is 4.25. The van der Waals surface area contributed by atoms with E-state index in [9.17, 15) is 0 Å². The van der Waals surface area contributed by atoms with Crippen LogP contribution in [0.25, 0.3) is 0 Å². The molecule has 0 aliphatic carbocycles. The number of nitrogens with two attached hydrogens (primary N) is 1.